The van der Waals surface area contributed by atoms with Crippen LogP contribution < -0.4 is 5.32 Å². The average molecular weight is 419 g/mol. The van der Waals surface area contributed by atoms with Crippen LogP contribution in [0.25, 0.3) is 10.1 Å². The minimum Gasteiger partial charge on any atom is -0.332 e. The van der Waals surface area contributed by atoms with E-state index in [0.29, 0.717) is 15.0 Å². The maximum atomic E-state index is 13.4. The highest BCUT2D eigenvalue weighted by atomic mass is 35.5. The fourth-order valence-electron chi connectivity index (χ4n) is 3.19. The molecule has 1 heterocycles. The van der Waals surface area contributed by atoms with E-state index < -0.39 is 0 Å². The second-order valence-electron chi connectivity index (χ2n) is 6.87. The van der Waals surface area contributed by atoms with Crippen molar-refractivity contribution in [2.45, 2.75) is 20.8 Å². The second kappa shape index (κ2) is 7.89. The van der Waals surface area contributed by atoms with E-state index in [0.717, 1.165) is 33.7 Å². The van der Waals surface area contributed by atoms with Crippen LogP contribution in [0.5, 0.6) is 0 Å². The molecule has 2 amide bonds. The molecule has 0 unspecified atom stereocenters. The number of hydrogen-bond donors (Lipinski definition) is 1. The van der Waals surface area contributed by atoms with Crippen LogP contribution in [-0.4, -0.2) is 30.3 Å². The zero-order valence-electron chi connectivity index (χ0n) is 16.0. The van der Waals surface area contributed by atoms with Gasteiger partial charge in [0.05, 0.1) is 11.6 Å². The van der Waals surface area contributed by atoms with Crippen molar-refractivity contribution in [3.05, 3.63) is 62.7 Å². The number of hydrogen-bond acceptors (Lipinski definition) is 3. The van der Waals surface area contributed by atoms with Gasteiger partial charge in [0.15, 0.2) is 0 Å². The minimum absolute atomic E-state index is 0.121. The Hall–Kier alpha value is -2.44. The number of likely N-dealkylation sites (N-methyl/N-ethyl adjacent to an activating group) is 1. The summed E-state index contributed by atoms with van der Waals surface area (Å²) in [7, 11) is 1.54. The van der Waals surface area contributed by atoms with Gasteiger partial charge in [0.1, 0.15) is 10.7 Å². The molecule has 0 bridgehead atoms. The number of benzene rings is 2. The van der Waals surface area contributed by atoms with E-state index in [1.54, 1.807) is 6.07 Å². The Kier molecular flexibility index (Phi) is 5.72. The third-order valence-electron chi connectivity index (χ3n) is 4.45. The largest absolute Gasteiger partial charge is 0.332 e. The third-order valence-corrected chi connectivity index (χ3v) is 6.10. The molecule has 0 saturated carbocycles. The van der Waals surface area contributed by atoms with Crippen LogP contribution in [0.15, 0.2) is 30.3 Å². The van der Waals surface area contributed by atoms with Crippen molar-refractivity contribution in [1.29, 1.82) is 0 Å². The Bertz CT molecular complexity index is 1070. The zero-order valence-corrected chi connectivity index (χ0v) is 17.6. The van der Waals surface area contributed by atoms with Gasteiger partial charge in [-0.2, -0.15) is 0 Å². The van der Waals surface area contributed by atoms with Crippen LogP contribution in [0.4, 0.5) is 10.1 Å². The summed E-state index contributed by atoms with van der Waals surface area (Å²) in [6.07, 6.45) is 0. The lowest BCUT2D eigenvalue weighted by molar-refractivity contribution is -0.116. The monoisotopic (exact) mass is 418 g/mol. The number of aryl methyl sites for hydroxylation is 3. The molecule has 4 nitrogen and oxygen atoms in total. The first kappa shape index (κ1) is 20.3. The third kappa shape index (κ3) is 4.03. The lowest BCUT2D eigenvalue weighted by atomic mass is 10.1. The summed E-state index contributed by atoms with van der Waals surface area (Å²) in [5.74, 6) is -1.06. The molecule has 0 saturated heterocycles. The van der Waals surface area contributed by atoms with E-state index in [9.17, 15) is 14.0 Å². The molecule has 0 aliphatic carbocycles. The van der Waals surface area contributed by atoms with Crippen molar-refractivity contribution in [3.8, 4) is 0 Å². The number of amides is 2. The normalized spacial score (nSPS) is 10.9. The molecule has 7 heteroatoms. The number of thiophene rings is 1. The van der Waals surface area contributed by atoms with Crippen molar-refractivity contribution in [1.82, 2.24) is 4.90 Å². The van der Waals surface area contributed by atoms with Crippen molar-refractivity contribution in [3.63, 3.8) is 0 Å². The molecule has 1 aromatic heterocycles. The average Bonchev–Trinajstić information content (AvgIpc) is 2.93. The Balaban J connectivity index is 1.76. The van der Waals surface area contributed by atoms with E-state index in [4.69, 9.17) is 11.6 Å². The summed E-state index contributed by atoms with van der Waals surface area (Å²) in [6.45, 7) is 5.74. The summed E-state index contributed by atoms with van der Waals surface area (Å²) in [4.78, 5) is 26.8. The molecule has 0 spiro atoms. The Morgan fingerprint density at radius 3 is 2.43 bits per heavy atom. The number of anilines is 1. The Morgan fingerprint density at radius 1 is 1.14 bits per heavy atom. The van der Waals surface area contributed by atoms with E-state index in [-0.39, 0.29) is 29.2 Å². The quantitative estimate of drug-likeness (QED) is 0.622. The van der Waals surface area contributed by atoms with Gasteiger partial charge in [0, 0.05) is 22.8 Å². The van der Waals surface area contributed by atoms with Crippen LogP contribution >= 0.6 is 22.9 Å². The van der Waals surface area contributed by atoms with Gasteiger partial charge in [-0.05, 0) is 50.1 Å². The van der Waals surface area contributed by atoms with Crippen LogP contribution in [0.3, 0.4) is 0 Å². The van der Waals surface area contributed by atoms with Crippen molar-refractivity contribution in [2.24, 2.45) is 0 Å². The van der Waals surface area contributed by atoms with E-state index >= 15 is 0 Å². The molecule has 1 N–H and O–H groups in total. The number of fused-ring (bicyclic) bond motifs is 1. The van der Waals surface area contributed by atoms with Gasteiger partial charge in [0.25, 0.3) is 5.91 Å². The predicted octanol–water partition coefficient (Wildman–Crippen LogP) is 5.33. The van der Waals surface area contributed by atoms with Crippen molar-refractivity contribution >= 4 is 50.5 Å². The number of halogens is 2. The van der Waals surface area contributed by atoms with Crippen LogP contribution in [0.2, 0.25) is 5.02 Å². The number of carbonyl (C=O) groups is 2. The molecule has 2 aromatic carbocycles. The maximum absolute atomic E-state index is 13.4. The topological polar surface area (TPSA) is 49.4 Å². The lowest BCUT2D eigenvalue weighted by Gasteiger charge is -2.18. The molecular weight excluding hydrogens is 399 g/mol. The summed E-state index contributed by atoms with van der Waals surface area (Å²) in [6, 6.07) is 8.19. The number of nitrogens with zero attached hydrogens (tertiary/aromatic N) is 1. The molecule has 146 valence electrons. The van der Waals surface area contributed by atoms with Crippen LogP contribution in [0, 0.1) is 26.6 Å². The lowest BCUT2D eigenvalue weighted by Crippen LogP contribution is -2.34. The first-order chi connectivity index (χ1) is 13.2. The highest BCUT2D eigenvalue weighted by Crippen LogP contribution is 2.36. The van der Waals surface area contributed by atoms with Crippen molar-refractivity contribution in [2.75, 3.05) is 18.9 Å². The van der Waals surface area contributed by atoms with Gasteiger partial charge in [-0.15, -0.1) is 11.3 Å². The van der Waals surface area contributed by atoms with Gasteiger partial charge in [-0.25, -0.2) is 4.39 Å². The first-order valence-electron chi connectivity index (χ1n) is 8.68. The summed E-state index contributed by atoms with van der Waals surface area (Å²) in [5, 5.41) is 3.78. The smallest absolute Gasteiger partial charge is 0.265 e. The number of nitrogens with one attached hydrogen (secondary N) is 1. The van der Waals surface area contributed by atoms with E-state index in [1.165, 1.54) is 24.1 Å². The predicted molar refractivity (Wildman–Crippen MR) is 113 cm³/mol. The molecular formula is C21H20ClFN2O2S. The van der Waals surface area contributed by atoms with Crippen LogP contribution in [0.1, 0.15) is 26.4 Å². The fraction of sp³-hybridized carbons (Fsp3) is 0.238. The Labute approximate surface area is 171 Å². The molecule has 3 rings (SSSR count). The second-order valence-corrected chi connectivity index (χ2v) is 8.30. The van der Waals surface area contributed by atoms with Crippen LogP contribution in [-0.2, 0) is 4.79 Å². The molecule has 0 fully saturated rings. The highest BCUT2D eigenvalue weighted by molar-refractivity contribution is 7.21. The zero-order chi connectivity index (χ0) is 20.6. The van der Waals surface area contributed by atoms with E-state index in [1.807, 2.05) is 32.9 Å². The number of carbonyl (C=O) groups excluding carboxylic acids is 2. The highest BCUT2D eigenvalue weighted by Gasteiger charge is 2.22. The first-order valence-corrected chi connectivity index (χ1v) is 9.87. The van der Waals surface area contributed by atoms with Gasteiger partial charge >= 0.3 is 0 Å². The SMILES string of the molecule is Cc1cc(C)c(NC(=O)CN(C)C(=O)c2sc3cc(F)ccc3c2Cl)c(C)c1. The summed E-state index contributed by atoms with van der Waals surface area (Å²) in [5.41, 5.74) is 3.81. The minimum atomic E-state index is -0.388. The van der Waals surface area contributed by atoms with Gasteiger partial charge in [-0.1, -0.05) is 29.3 Å². The van der Waals surface area contributed by atoms with Gasteiger partial charge in [0.2, 0.25) is 5.91 Å². The summed E-state index contributed by atoms with van der Waals surface area (Å²) >= 11 is 7.43. The molecule has 28 heavy (non-hydrogen) atoms. The van der Waals surface area contributed by atoms with E-state index in [2.05, 4.69) is 5.32 Å². The molecule has 0 radical (unpaired) electrons. The maximum Gasteiger partial charge on any atom is 0.265 e. The molecule has 0 aliphatic rings. The fourth-order valence-corrected chi connectivity index (χ4v) is 4.72. The van der Waals surface area contributed by atoms with Crippen molar-refractivity contribution < 1.29 is 14.0 Å². The standard InChI is InChI=1S/C21H20ClFN2O2S/c1-11-7-12(2)19(13(3)8-11)24-17(26)10-25(4)21(27)20-18(22)15-6-5-14(23)9-16(15)28-20/h5-9H,10H2,1-4H3,(H,24,26). The summed E-state index contributed by atoms with van der Waals surface area (Å²) < 4.78 is 14.0. The van der Waals surface area contributed by atoms with Gasteiger partial charge in [-0.3, -0.25) is 9.59 Å². The van der Waals surface area contributed by atoms with Gasteiger partial charge < -0.3 is 10.2 Å². The molecule has 3 aromatic rings. The number of rotatable bonds is 4. The molecule has 0 atom stereocenters. The Morgan fingerprint density at radius 2 is 1.79 bits per heavy atom. The molecule has 0 aliphatic heterocycles.